The number of rotatable bonds is 5. The van der Waals surface area contributed by atoms with Crippen molar-refractivity contribution in [2.24, 2.45) is 5.73 Å². The number of hydrogen-bond donors (Lipinski definition) is 1. The summed E-state index contributed by atoms with van der Waals surface area (Å²) in [5, 5.41) is 1.18. The summed E-state index contributed by atoms with van der Waals surface area (Å²) in [4.78, 5) is 14.3. The quantitative estimate of drug-likeness (QED) is 0.859. The van der Waals surface area contributed by atoms with Crippen molar-refractivity contribution in [1.29, 1.82) is 0 Å². The zero-order valence-corrected chi connectivity index (χ0v) is 14.0. The molecular formula is C18H25N3O2. The molecule has 0 bridgehead atoms. The number of hydrogen-bond acceptors (Lipinski definition) is 4. The van der Waals surface area contributed by atoms with Crippen molar-refractivity contribution in [1.82, 2.24) is 9.47 Å². The fourth-order valence-corrected chi connectivity index (χ4v) is 3.53. The molecule has 124 valence electrons. The van der Waals surface area contributed by atoms with Crippen molar-refractivity contribution in [3.05, 3.63) is 35.0 Å². The van der Waals surface area contributed by atoms with Gasteiger partial charge in [-0.05, 0) is 43.3 Å². The minimum Gasteiger partial charge on any atom is -0.465 e. The highest BCUT2D eigenvalue weighted by Gasteiger charge is 2.23. The van der Waals surface area contributed by atoms with Crippen molar-refractivity contribution < 1.29 is 9.53 Å². The smallest absolute Gasteiger partial charge is 0.337 e. The normalized spacial score (nSPS) is 14.9. The number of methoxy groups -OCH3 is 1. The number of nitrogens with zero attached hydrogens (tertiary/aromatic N) is 2. The molecule has 0 atom stereocenters. The van der Waals surface area contributed by atoms with Crippen LogP contribution in [0.2, 0.25) is 0 Å². The number of benzene rings is 1. The molecule has 0 fully saturated rings. The lowest BCUT2D eigenvalue weighted by Crippen LogP contribution is -2.30. The predicted molar refractivity (Wildman–Crippen MR) is 91.6 cm³/mol. The number of likely N-dealkylation sites (N-methyl/N-ethyl adjacent to an activating group) is 1. The second kappa shape index (κ2) is 6.72. The van der Waals surface area contributed by atoms with Gasteiger partial charge in [-0.3, -0.25) is 4.90 Å². The molecule has 1 aromatic heterocycles. The van der Waals surface area contributed by atoms with E-state index in [1.807, 2.05) is 18.2 Å². The Labute approximate surface area is 137 Å². The molecule has 5 heteroatoms. The zero-order chi connectivity index (χ0) is 16.4. The van der Waals surface area contributed by atoms with E-state index in [4.69, 9.17) is 10.5 Å². The Balaban J connectivity index is 2.13. The van der Waals surface area contributed by atoms with Gasteiger partial charge in [-0.25, -0.2) is 4.79 Å². The van der Waals surface area contributed by atoms with E-state index < -0.39 is 0 Å². The maximum Gasteiger partial charge on any atom is 0.337 e. The molecule has 0 aliphatic carbocycles. The van der Waals surface area contributed by atoms with E-state index in [1.165, 1.54) is 29.3 Å². The molecule has 23 heavy (non-hydrogen) atoms. The molecule has 1 aliphatic heterocycles. The first-order valence-corrected chi connectivity index (χ1v) is 8.34. The number of aromatic nitrogens is 1. The van der Waals surface area contributed by atoms with Gasteiger partial charge in [0.15, 0.2) is 0 Å². The topological polar surface area (TPSA) is 60.5 Å². The number of carbonyl (C=O) groups is 1. The average Bonchev–Trinajstić information content (AvgIpc) is 2.91. The minimum absolute atomic E-state index is 0.279. The van der Waals surface area contributed by atoms with Crippen molar-refractivity contribution in [2.45, 2.75) is 32.9 Å². The van der Waals surface area contributed by atoms with Crippen LogP contribution in [0, 0.1) is 0 Å². The third kappa shape index (κ3) is 2.86. The van der Waals surface area contributed by atoms with Gasteiger partial charge < -0.3 is 15.0 Å². The van der Waals surface area contributed by atoms with Gasteiger partial charge >= 0.3 is 5.97 Å². The van der Waals surface area contributed by atoms with Gasteiger partial charge in [0, 0.05) is 42.7 Å². The van der Waals surface area contributed by atoms with Crippen LogP contribution in [0.5, 0.6) is 0 Å². The van der Waals surface area contributed by atoms with E-state index in [0.717, 1.165) is 39.0 Å². The Morgan fingerprint density at radius 2 is 2.22 bits per heavy atom. The summed E-state index contributed by atoms with van der Waals surface area (Å²) in [6.07, 6.45) is 2.02. The lowest BCUT2D eigenvalue weighted by molar-refractivity contribution is 0.0601. The fourth-order valence-electron chi connectivity index (χ4n) is 3.53. The highest BCUT2D eigenvalue weighted by Crippen LogP contribution is 2.32. The van der Waals surface area contributed by atoms with Crippen molar-refractivity contribution in [2.75, 3.05) is 26.7 Å². The van der Waals surface area contributed by atoms with Crippen LogP contribution in [0.15, 0.2) is 18.2 Å². The highest BCUT2D eigenvalue weighted by molar-refractivity contribution is 5.96. The van der Waals surface area contributed by atoms with Crippen molar-refractivity contribution >= 4 is 16.9 Å². The number of carbonyl (C=O) groups excluding carboxylic acids is 1. The molecule has 5 nitrogen and oxygen atoms in total. The SMILES string of the molecule is CCN1CCc2c(c3cc(C(=O)OC)ccc3n2CCCN)C1. The standard InChI is InChI=1S/C18H25N3O2/c1-3-20-10-7-17-15(12-20)14-11-13(18(22)23-2)5-6-16(14)21(17)9-4-8-19/h5-6,11H,3-4,7-10,12,19H2,1-2H3. The van der Waals surface area contributed by atoms with Crippen LogP contribution in [0.1, 0.15) is 35.0 Å². The van der Waals surface area contributed by atoms with Gasteiger partial charge in [-0.2, -0.15) is 0 Å². The highest BCUT2D eigenvalue weighted by atomic mass is 16.5. The van der Waals surface area contributed by atoms with E-state index >= 15 is 0 Å². The summed E-state index contributed by atoms with van der Waals surface area (Å²) in [5.74, 6) is -0.279. The van der Waals surface area contributed by atoms with Crippen LogP contribution < -0.4 is 5.73 Å². The number of aryl methyl sites for hydroxylation is 1. The Kier molecular flexibility index (Phi) is 4.68. The number of esters is 1. The van der Waals surface area contributed by atoms with Crippen LogP contribution in [-0.2, 0) is 24.2 Å². The Morgan fingerprint density at radius 3 is 2.91 bits per heavy atom. The largest absolute Gasteiger partial charge is 0.465 e. The number of nitrogens with two attached hydrogens (primary N) is 1. The molecule has 0 saturated carbocycles. The molecule has 3 rings (SSSR count). The summed E-state index contributed by atoms with van der Waals surface area (Å²) >= 11 is 0. The first-order chi connectivity index (χ1) is 11.2. The number of fused-ring (bicyclic) bond motifs is 3. The fraction of sp³-hybridized carbons (Fsp3) is 0.500. The molecular weight excluding hydrogens is 290 g/mol. The summed E-state index contributed by atoms with van der Waals surface area (Å²) in [5.41, 5.74) is 10.3. The predicted octanol–water partition coefficient (Wildman–Crippen LogP) is 2.15. The van der Waals surface area contributed by atoms with Crippen LogP contribution in [0.4, 0.5) is 0 Å². The Hall–Kier alpha value is -1.85. The lowest BCUT2D eigenvalue weighted by atomic mass is 10.0. The molecule has 0 amide bonds. The molecule has 0 radical (unpaired) electrons. The van der Waals surface area contributed by atoms with Crippen LogP contribution in [0.25, 0.3) is 10.9 Å². The number of ether oxygens (including phenoxy) is 1. The van der Waals surface area contributed by atoms with Gasteiger partial charge in [0.2, 0.25) is 0 Å². The van der Waals surface area contributed by atoms with Gasteiger partial charge in [0.25, 0.3) is 0 Å². The Morgan fingerprint density at radius 1 is 1.39 bits per heavy atom. The molecule has 1 aromatic carbocycles. The van der Waals surface area contributed by atoms with E-state index in [-0.39, 0.29) is 5.97 Å². The van der Waals surface area contributed by atoms with E-state index in [1.54, 1.807) is 0 Å². The molecule has 0 spiro atoms. The molecule has 0 unspecified atom stereocenters. The maximum atomic E-state index is 11.9. The average molecular weight is 315 g/mol. The van der Waals surface area contributed by atoms with Crippen molar-refractivity contribution in [3.63, 3.8) is 0 Å². The van der Waals surface area contributed by atoms with E-state index in [0.29, 0.717) is 12.1 Å². The van der Waals surface area contributed by atoms with Gasteiger partial charge in [0.1, 0.15) is 0 Å². The second-order valence-corrected chi connectivity index (χ2v) is 6.06. The third-order valence-corrected chi connectivity index (χ3v) is 4.79. The summed E-state index contributed by atoms with van der Waals surface area (Å²) in [7, 11) is 1.42. The van der Waals surface area contributed by atoms with Crippen LogP contribution in [-0.4, -0.2) is 42.2 Å². The first kappa shape index (κ1) is 16.0. The molecule has 2 aromatic rings. The summed E-state index contributed by atoms with van der Waals surface area (Å²) in [6.45, 7) is 6.90. The summed E-state index contributed by atoms with van der Waals surface area (Å²) in [6, 6.07) is 5.89. The zero-order valence-electron chi connectivity index (χ0n) is 14.0. The Bertz CT molecular complexity index is 721. The molecule has 0 saturated heterocycles. The second-order valence-electron chi connectivity index (χ2n) is 6.06. The molecule has 2 heterocycles. The first-order valence-electron chi connectivity index (χ1n) is 8.34. The molecule has 2 N–H and O–H groups in total. The van der Waals surface area contributed by atoms with Gasteiger partial charge in [0.05, 0.1) is 12.7 Å². The van der Waals surface area contributed by atoms with Gasteiger partial charge in [-0.1, -0.05) is 6.92 Å². The van der Waals surface area contributed by atoms with Gasteiger partial charge in [-0.15, -0.1) is 0 Å². The lowest BCUT2D eigenvalue weighted by Gasteiger charge is -2.26. The monoisotopic (exact) mass is 315 g/mol. The summed E-state index contributed by atoms with van der Waals surface area (Å²) < 4.78 is 7.26. The van der Waals surface area contributed by atoms with E-state index in [2.05, 4.69) is 16.4 Å². The van der Waals surface area contributed by atoms with E-state index in [9.17, 15) is 4.79 Å². The maximum absolute atomic E-state index is 11.9. The minimum atomic E-state index is -0.279. The van der Waals surface area contributed by atoms with Crippen LogP contribution in [0.3, 0.4) is 0 Å². The third-order valence-electron chi connectivity index (χ3n) is 4.79. The van der Waals surface area contributed by atoms with Crippen molar-refractivity contribution in [3.8, 4) is 0 Å². The molecule has 1 aliphatic rings. The van der Waals surface area contributed by atoms with Crippen LogP contribution >= 0.6 is 0 Å².